The molecule has 0 aliphatic rings. The molecule has 0 saturated carbocycles. The van der Waals surface area contributed by atoms with Gasteiger partial charge in [-0.25, -0.2) is 4.98 Å². The minimum Gasteiger partial charge on any atom is -0.371 e. The molecule has 0 fully saturated rings. The van der Waals surface area contributed by atoms with Gasteiger partial charge in [0.2, 0.25) is 0 Å². The third-order valence-corrected chi connectivity index (χ3v) is 3.78. The first-order chi connectivity index (χ1) is 11.5. The average molecular weight is 322 g/mol. The van der Waals surface area contributed by atoms with Crippen LogP contribution in [0.25, 0.3) is 5.52 Å². The van der Waals surface area contributed by atoms with Gasteiger partial charge in [0.1, 0.15) is 11.3 Å². The molecular weight excluding hydrogens is 304 g/mol. The number of pyridine rings is 1. The zero-order valence-electron chi connectivity index (χ0n) is 13.7. The molecule has 3 aromatic rings. The highest BCUT2D eigenvalue weighted by Gasteiger charge is 2.16. The van der Waals surface area contributed by atoms with Crippen LogP contribution in [0.1, 0.15) is 47.1 Å². The molecule has 0 aliphatic carbocycles. The van der Waals surface area contributed by atoms with Crippen molar-refractivity contribution in [3.8, 4) is 11.8 Å². The number of aromatic amines is 1. The van der Waals surface area contributed by atoms with Crippen LogP contribution < -0.4 is 11.1 Å². The molecule has 3 aromatic heterocycles. The van der Waals surface area contributed by atoms with Gasteiger partial charge in [0.05, 0.1) is 23.6 Å². The van der Waals surface area contributed by atoms with Crippen LogP contribution in [0.3, 0.4) is 0 Å². The van der Waals surface area contributed by atoms with Crippen LogP contribution in [0.2, 0.25) is 0 Å². The fraction of sp³-hybridized carbons (Fsp3) is 0.235. The maximum absolute atomic E-state index is 11.6. The highest BCUT2D eigenvalue weighted by molar-refractivity contribution is 5.99. The van der Waals surface area contributed by atoms with Crippen LogP contribution >= 0.6 is 0 Å². The standard InChI is InChI=1S/C17H18N6O/c1-10(2)13-7-5-11(14-8-20-9-23(13)14)4-6-12-15(16(18)24)17(19-3)22-21-12/h5,7-10H,1-3H3,(H2,18,24)(H2,19,21,22). The number of hydrogen-bond donors (Lipinski definition) is 3. The summed E-state index contributed by atoms with van der Waals surface area (Å²) in [5, 5.41) is 9.56. The molecular formula is C17H18N6O. The number of fused-ring (bicyclic) bond motifs is 1. The van der Waals surface area contributed by atoms with E-state index >= 15 is 0 Å². The summed E-state index contributed by atoms with van der Waals surface area (Å²) in [7, 11) is 1.67. The molecule has 7 nitrogen and oxygen atoms in total. The summed E-state index contributed by atoms with van der Waals surface area (Å²) in [6, 6.07) is 3.99. The predicted octanol–water partition coefficient (Wildman–Crippen LogP) is 1.72. The van der Waals surface area contributed by atoms with Gasteiger partial charge in [-0.05, 0) is 24.0 Å². The number of carbonyl (C=O) groups excluding carboxylic acids is 1. The monoisotopic (exact) mass is 322 g/mol. The fourth-order valence-electron chi connectivity index (χ4n) is 2.59. The summed E-state index contributed by atoms with van der Waals surface area (Å²) in [5.74, 6) is 6.19. The van der Waals surface area contributed by atoms with Crippen molar-refractivity contribution >= 4 is 17.2 Å². The van der Waals surface area contributed by atoms with E-state index in [1.165, 1.54) is 0 Å². The second kappa shape index (κ2) is 6.08. The number of nitrogens with two attached hydrogens (primary N) is 1. The zero-order chi connectivity index (χ0) is 17.3. The van der Waals surface area contributed by atoms with E-state index in [0.29, 0.717) is 17.4 Å². The molecule has 4 N–H and O–H groups in total. The number of anilines is 1. The van der Waals surface area contributed by atoms with E-state index in [1.54, 1.807) is 19.6 Å². The Kier molecular flexibility index (Phi) is 3.96. The highest BCUT2D eigenvalue weighted by atomic mass is 16.1. The zero-order valence-corrected chi connectivity index (χ0v) is 13.7. The van der Waals surface area contributed by atoms with Crippen LogP contribution in [0.4, 0.5) is 5.82 Å². The smallest absolute Gasteiger partial charge is 0.255 e. The van der Waals surface area contributed by atoms with E-state index < -0.39 is 5.91 Å². The molecule has 0 unspecified atom stereocenters. The number of carbonyl (C=O) groups is 1. The first kappa shape index (κ1) is 15.6. The molecule has 0 radical (unpaired) electrons. The molecule has 1 amide bonds. The molecule has 0 saturated heterocycles. The number of nitrogens with one attached hydrogen (secondary N) is 2. The van der Waals surface area contributed by atoms with E-state index in [2.05, 4.69) is 46.2 Å². The second-order valence-corrected chi connectivity index (χ2v) is 5.66. The van der Waals surface area contributed by atoms with Crippen LogP contribution in [0, 0.1) is 11.8 Å². The molecule has 0 bridgehead atoms. The SMILES string of the molecule is CNc1n[nH]c(C#Cc2ccc(C(C)C)n3cncc23)c1C(N)=O. The predicted molar refractivity (Wildman–Crippen MR) is 91.9 cm³/mol. The number of H-pyrrole nitrogens is 1. The summed E-state index contributed by atoms with van der Waals surface area (Å²) >= 11 is 0. The fourth-order valence-corrected chi connectivity index (χ4v) is 2.59. The van der Waals surface area contributed by atoms with Crippen LogP contribution in [-0.4, -0.2) is 32.5 Å². The topological polar surface area (TPSA) is 101 Å². The summed E-state index contributed by atoms with van der Waals surface area (Å²) in [6.45, 7) is 4.26. The Hall–Kier alpha value is -3.27. The van der Waals surface area contributed by atoms with Crippen molar-refractivity contribution < 1.29 is 4.79 Å². The van der Waals surface area contributed by atoms with Crippen molar-refractivity contribution in [1.29, 1.82) is 0 Å². The van der Waals surface area contributed by atoms with Gasteiger partial charge in [0, 0.05) is 12.7 Å². The quantitative estimate of drug-likeness (QED) is 0.639. The normalized spacial score (nSPS) is 10.7. The summed E-state index contributed by atoms with van der Waals surface area (Å²) < 4.78 is 2.02. The Morgan fingerprint density at radius 3 is 2.83 bits per heavy atom. The minimum atomic E-state index is -0.581. The van der Waals surface area contributed by atoms with Gasteiger partial charge in [0.15, 0.2) is 5.82 Å². The van der Waals surface area contributed by atoms with Crippen molar-refractivity contribution in [2.45, 2.75) is 19.8 Å². The Bertz CT molecular complexity index is 970. The van der Waals surface area contributed by atoms with Crippen LogP contribution in [0.15, 0.2) is 24.7 Å². The van der Waals surface area contributed by atoms with E-state index in [-0.39, 0.29) is 5.56 Å². The van der Waals surface area contributed by atoms with Crippen molar-refractivity contribution in [2.75, 3.05) is 12.4 Å². The number of primary amides is 1. The number of hydrogen-bond acceptors (Lipinski definition) is 4. The van der Waals surface area contributed by atoms with Gasteiger partial charge >= 0.3 is 0 Å². The lowest BCUT2D eigenvalue weighted by molar-refractivity contribution is 0.100. The molecule has 24 heavy (non-hydrogen) atoms. The first-order valence-corrected chi connectivity index (χ1v) is 7.55. The molecule has 3 heterocycles. The summed E-state index contributed by atoms with van der Waals surface area (Å²) in [4.78, 5) is 15.8. The summed E-state index contributed by atoms with van der Waals surface area (Å²) in [5.41, 5.74) is 8.94. The molecule has 0 aliphatic heterocycles. The molecule has 7 heteroatoms. The number of nitrogens with zero attached hydrogens (tertiary/aromatic N) is 3. The van der Waals surface area contributed by atoms with Crippen molar-refractivity contribution in [2.24, 2.45) is 5.73 Å². The lowest BCUT2D eigenvalue weighted by atomic mass is 10.1. The number of amides is 1. The van der Waals surface area contributed by atoms with Crippen molar-refractivity contribution in [1.82, 2.24) is 19.6 Å². The van der Waals surface area contributed by atoms with Crippen LogP contribution in [-0.2, 0) is 0 Å². The molecule has 0 spiro atoms. The number of aromatic nitrogens is 4. The van der Waals surface area contributed by atoms with E-state index in [4.69, 9.17) is 5.73 Å². The largest absolute Gasteiger partial charge is 0.371 e. The Morgan fingerprint density at radius 1 is 1.38 bits per heavy atom. The third-order valence-electron chi connectivity index (χ3n) is 3.78. The summed E-state index contributed by atoms with van der Waals surface area (Å²) in [6.07, 6.45) is 3.55. The maximum Gasteiger partial charge on any atom is 0.255 e. The maximum atomic E-state index is 11.6. The molecule has 0 aromatic carbocycles. The Balaban J connectivity index is 2.09. The molecule has 0 atom stereocenters. The average Bonchev–Trinajstić information content (AvgIpc) is 3.18. The Labute approximate surface area is 139 Å². The van der Waals surface area contributed by atoms with Gasteiger partial charge in [-0.1, -0.05) is 19.8 Å². The van der Waals surface area contributed by atoms with Crippen molar-refractivity contribution in [3.63, 3.8) is 0 Å². The van der Waals surface area contributed by atoms with Gasteiger partial charge in [-0.3, -0.25) is 9.89 Å². The first-order valence-electron chi connectivity index (χ1n) is 7.55. The third kappa shape index (κ3) is 2.58. The van der Waals surface area contributed by atoms with E-state index in [9.17, 15) is 4.79 Å². The lowest BCUT2D eigenvalue weighted by Crippen LogP contribution is -2.13. The lowest BCUT2D eigenvalue weighted by Gasteiger charge is -2.09. The van der Waals surface area contributed by atoms with E-state index in [0.717, 1.165) is 16.8 Å². The minimum absolute atomic E-state index is 0.258. The van der Waals surface area contributed by atoms with Crippen LogP contribution in [0.5, 0.6) is 0 Å². The van der Waals surface area contributed by atoms with Gasteiger partial charge < -0.3 is 15.5 Å². The molecule has 3 rings (SSSR count). The Morgan fingerprint density at radius 2 is 2.17 bits per heavy atom. The number of imidazole rings is 1. The number of rotatable bonds is 3. The molecule has 122 valence electrons. The van der Waals surface area contributed by atoms with E-state index in [1.807, 2.05) is 16.5 Å². The highest BCUT2D eigenvalue weighted by Crippen LogP contribution is 2.20. The second-order valence-electron chi connectivity index (χ2n) is 5.66. The van der Waals surface area contributed by atoms with Gasteiger partial charge in [-0.15, -0.1) is 0 Å². The van der Waals surface area contributed by atoms with Crippen molar-refractivity contribution in [3.05, 3.63) is 47.2 Å². The van der Waals surface area contributed by atoms with Gasteiger partial charge in [-0.2, -0.15) is 5.10 Å². The van der Waals surface area contributed by atoms with Gasteiger partial charge in [0.25, 0.3) is 5.91 Å².